The van der Waals surface area contributed by atoms with Gasteiger partial charge in [0.2, 0.25) is 11.8 Å². The van der Waals surface area contributed by atoms with E-state index < -0.39 is 0 Å². The van der Waals surface area contributed by atoms with Crippen LogP contribution in [0.2, 0.25) is 0 Å². The predicted octanol–water partition coefficient (Wildman–Crippen LogP) is 3.30. The van der Waals surface area contributed by atoms with E-state index in [1.807, 2.05) is 37.1 Å². The highest BCUT2D eigenvalue weighted by molar-refractivity contribution is 6.07. The highest BCUT2D eigenvalue weighted by Gasteiger charge is 2.33. The number of hydrogen-bond acceptors (Lipinski definition) is 5. The molecule has 0 spiro atoms. The molecular weight excluding hydrogens is 442 g/mol. The fourth-order valence-corrected chi connectivity index (χ4v) is 5.53. The molecule has 5 rings (SSSR count). The van der Waals surface area contributed by atoms with Gasteiger partial charge in [0.1, 0.15) is 5.82 Å². The predicted molar refractivity (Wildman–Crippen MR) is 136 cm³/mol. The van der Waals surface area contributed by atoms with Crippen LogP contribution in [0, 0.1) is 13.8 Å². The minimum Gasteiger partial charge on any atom is -0.353 e. The molecule has 1 aromatic heterocycles. The molecule has 1 atom stereocenters. The molecule has 0 aliphatic carbocycles. The van der Waals surface area contributed by atoms with Crippen LogP contribution in [-0.2, 0) is 9.59 Å². The number of amides is 3. The minimum absolute atomic E-state index is 0.0303. The molecular formula is C27H33N5O3. The SMILES string of the molecule is Cc1cnc(N2CCN(C(=O)c3ccc(N4C(=O)CCC4C)cc3N3CCCC3=O)CC2)c(C)c1. The van der Waals surface area contributed by atoms with E-state index in [0.717, 1.165) is 35.5 Å². The Labute approximate surface area is 206 Å². The zero-order chi connectivity index (χ0) is 24.7. The molecule has 1 unspecified atom stereocenters. The molecule has 4 heterocycles. The third-order valence-electron chi connectivity index (χ3n) is 7.39. The van der Waals surface area contributed by atoms with Gasteiger partial charge >= 0.3 is 0 Å². The van der Waals surface area contributed by atoms with Gasteiger partial charge in [0, 0.05) is 63.5 Å². The molecule has 184 valence electrons. The number of pyridine rings is 1. The summed E-state index contributed by atoms with van der Waals surface area (Å²) in [4.78, 5) is 51.0. The van der Waals surface area contributed by atoms with Crippen molar-refractivity contribution in [2.75, 3.05) is 47.4 Å². The van der Waals surface area contributed by atoms with E-state index in [4.69, 9.17) is 0 Å². The van der Waals surface area contributed by atoms with Gasteiger partial charge in [-0.2, -0.15) is 0 Å². The second kappa shape index (κ2) is 9.32. The number of aromatic nitrogens is 1. The van der Waals surface area contributed by atoms with Crippen LogP contribution in [0.1, 0.15) is 54.1 Å². The van der Waals surface area contributed by atoms with Crippen LogP contribution in [0.5, 0.6) is 0 Å². The second-order valence-electron chi connectivity index (χ2n) is 9.93. The van der Waals surface area contributed by atoms with Crippen molar-refractivity contribution in [3.05, 3.63) is 47.2 Å². The lowest BCUT2D eigenvalue weighted by atomic mass is 10.1. The number of carbonyl (C=O) groups excluding carboxylic acids is 3. The van der Waals surface area contributed by atoms with Crippen molar-refractivity contribution in [1.82, 2.24) is 9.88 Å². The third kappa shape index (κ3) is 4.37. The number of hydrogen-bond donors (Lipinski definition) is 0. The summed E-state index contributed by atoms with van der Waals surface area (Å²) < 4.78 is 0. The van der Waals surface area contributed by atoms with Gasteiger partial charge in [0.05, 0.1) is 11.3 Å². The molecule has 1 aromatic carbocycles. The van der Waals surface area contributed by atoms with Gasteiger partial charge in [-0.25, -0.2) is 4.98 Å². The van der Waals surface area contributed by atoms with Gasteiger partial charge < -0.3 is 19.6 Å². The molecule has 0 bridgehead atoms. The molecule has 3 aliphatic heterocycles. The first-order chi connectivity index (χ1) is 16.8. The van der Waals surface area contributed by atoms with Crippen molar-refractivity contribution >= 4 is 34.9 Å². The molecule has 0 radical (unpaired) electrons. The number of aryl methyl sites for hydroxylation is 2. The quantitative estimate of drug-likeness (QED) is 0.678. The summed E-state index contributed by atoms with van der Waals surface area (Å²) in [6, 6.07) is 7.76. The Balaban J connectivity index is 1.39. The lowest BCUT2D eigenvalue weighted by Crippen LogP contribution is -2.49. The van der Waals surface area contributed by atoms with Crippen LogP contribution in [0.3, 0.4) is 0 Å². The Morgan fingerprint density at radius 2 is 1.74 bits per heavy atom. The molecule has 0 saturated carbocycles. The number of nitrogens with zero attached hydrogens (tertiary/aromatic N) is 5. The highest BCUT2D eigenvalue weighted by Crippen LogP contribution is 2.34. The average Bonchev–Trinajstić information content (AvgIpc) is 3.42. The van der Waals surface area contributed by atoms with Crippen molar-refractivity contribution in [2.24, 2.45) is 0 Å². The minimum atomic E-state index is -0.0692. The Bertz CT molecular complexity index is 1170. The van der Waals surface area contributed by atoms with Crippen molar-refractivity contribution in [3.8, 4) is 0 Å². The summed E-state index contributed by atoms with van der Waals surface area (Å²) in [5, 5.41) is 0. The molecule has 8 heteroatoms. The molecule has 3 fully saturated rings. The summed E-state index contributed by atoms with van der Waals surface area (Å²) in [5.74, 6) is 1.02. The maximum Gasteiger partial charge on any atom is 0.256 e. The fourth-order valence-electron chi connectivity index (χ4n) is 5.53. The van der Waals surface area contributed by atoms with Crippen molar-refractivity contribution < 1.29 is 14.4 Å². The van der Waals surface area contributed by atoms with E-state index in [1.165, 1.54) is 0 Å². The summed E-state index contributed by atoms with van der Waals surface area (Å²) in [6.07, 6.45) is 4.49. The Morgan fingerprint density at radius 1 is 0.971 bits per heavy atom. The number of carbonyl (C=O) groups is 3. The van der Waals surface area contributed by atoms with Crippen LogP contribution in [-0.4, -0.2) is 66.4 Å². The number of rotatable bonds is 4. The summed E-state index contributed by atoms with van der Waals surface area (Å²) in [5.41, 5.74) is 4.19. The van der Waals surface area contributed by atoms with Gasteiger partial charge in [0.15, 0.2) is 0 Å². The van der Waals surface area contributed by atoms with Crippen LogP contribution in [0.15, 0.2) is 30.5 Å². The summed E-state index contributed by atoms with van der Waals surface area (Å²) in [6.45, 7) is 9.33. The van der Waals surface area contributed by atoms with Crippen molar-refractivity contribution in [2.45, 2.75) is 52.5 Å². The van der Waals surface area contributed by atoms with Gasteiger partial charge in [-0.15, -0.1) is 0 Å². The van der Waals surface area contributed by atoms with Crippen molar-refractivity contribution in [1.29, 1.82) is 0 Å². The van der Waals surface area contributed by atoms with E-state index in [2.05, 4.69) is 22.9 Å². The van der Waals surface area contributed by atoms with Crippen LogP contribution in [0.4, 0.5) is 17.2 Å². The maximum absolute atomic E-state index is 13.7. The standard InChI is InChI=1S/C27H33N5O3/c1-18-15-19(2)26(28-17-18)29-11-13-30(14-12-29)27(35)22-8-7-21(32-20(3)6-9-25(32)34)16-23(22)31-10-4-5-24(31)33/h7-8,15-17,20H,4-6,9-14H2,1-3H3. The normalized spacial score (nSPS) is 20.8. The van der Waals surface area contributed by atoms with E-state index in [9.17, 15) is 14.4 Å². The van der Waals surface area contributed by atoms with Crippen LogP contribution < -0.4 is 14.7 Å². The van der Waals surface area contributed by atoms with E-state index in [1.54, 1.807) is 15.9 Å². The largest absolute Gasteiger partial charge is 0.353 e. The van der Waals surface area contributed by atoms with Gasteiger partial charge in [-0.1, -0.05) is 6.07 Å². The zero-order valence-corrected chi connectivity index (χ0v) is 20.8. The lowest BCUT2D eigenvalue weighted by Gasteiger charge is -2.36. The van der Waals surface area contributed by atoms with Gasteiger partial charge in [-0.05, 0) is 62.9 Å². The van der Waals surface area contributed by atoms with Crippen LogP contribution in [0.25, 0.3) is 0 Å². The molecule has 3 saturated heterocycles. The molecule has 0 N–H and O–H groups in total. The molecule has 2 aromatic rings. The average molecular weight is 476 g/mol. The Morgan fingerprint density at radius 3 is 2.37 bits per heavy atom. The number of piperazine rings is 1. The Hall–Kier alpha value is -3.42. The lowest BCUT2D eigenvalue weighted by molar-refractivity contribution is -0.117. The molecule has 3 aliphatic rings. The highest BCUT2D eigenvalue weighted by atomic mass is 16.2. The first-order valence-electron chi connectivity index (χ1n) is 12.6. The van der Waals surface area contributed by atoms with Crippen molar-refractivity contribution in [3.63, 3.8) is 0 Å². The molecule has 3 amide bonds. The zero-order valence-electron chi connectivity index (χ0n) is 20.8. The first-order valence-corrected chi connectivity index (χ1v) is 12.6. The topological polar surface area (TPSA) is 77.1 Å². The monoisotopic (exact) mass is 475 g/mol. The summed E-state index contributed by atoms with van der Waals surface area (Å²) >= 11 is 0. The van der Waals surface area contributed by atoms with E-state index in [0.29, 0.717) is 56.8 Å². The maximum atomic E-state index is 13.7. The smallest absolute Gasteiger partial charge is 0.256 e. The number of anilines is 3. The van der Waals surface area contributed by atoms with E-state index in [-0.39, 0.29) is 23.8 Å². The second-order valence-corrected chi connectivity index (χ2v) is 9.93. The fraction of sp³-hybridized carbons (Fsp3) is 0.481. The van der Waals surface area contributed by atoms with Gasteiger partial charge in [-0.3, -0.25) is 14.4 Å². The molecule has 35 heavy (non-hydrogen) atoms. The molecule has 8 nitrogen and oxygen atoms in total. The number of benzene rings is 1. The summed E-state index contributed by atoms with van der Waals surface area (Å²) in [7, 11) is 0. The third-order valence-corrected chi connectivity index (χ3v) is 7.39. The van der Waals surface area contributed by atoms with Gasteiger partial charge in [0.25, 0.3) is 5.91 Å². The first kappa shape index (κ1) is 23.3. The Kier molecular flexibility index (Phi) is 6.21. The van der Waals surface area contributed by atoms with Crippen LogP contribution >= 0.6 is 0 Å². The van der Waals surface area contributed by atoms with E-state index >= 15 is 0 Å².